The molecule has 4 rings (SSSR count). The van der Waals surface area contributed by atoms with E-state index in [9.17, 15) is 13.2 Å². The van der Waals surface area contributed by atoms with E-state index in [0.29, 0.717) is 22.4 Å². The van der Waals surface area contributed by atoms with Gasteiger partial charge < -0.3 is 4.74 Å². The molecular formula is C22H17Cl2N3O4S. The van der Waals surface area contributed by atoms with Crippen molar-refractivity contribution < 1.29 is 13.2 Å². The van der Waals surface area contributed by atoms with Crippen LogP contribution in [0.5, 0.6) is 5.75 Å². The number of fused-ring (bicyclic) bond motifs is 1. The van der Waals surface area contributed by atoms with Gasteiger partial charge in [-0.15, -0.1) is 0 Å². The summed E-state index contributed by atoms with van der Waals surface area (Å²) in [5.74, 6) is 0.713. The van der Waals surface area contributed by atoms with Crippen molar-refractivity contribution in [3.8, 4) is 11.4 Å². The van der Waals surface area contributed by atoms with Gasteiger partial charge in [0.25, 0.3) is 15.6 Å². The highest BCUT2D eigenvalue weighted by Gasteiger charge is 2.19. The van der Waals surface area contributed by atoms with E-state index in [1.165, 1.54) is 35.9 Å². The van der Waals surface area contributed by atoms with Gasteiger partial charge in [-0.25, -0.2) is 13.4 Å². The molecule has 0 aliphatic heterocycles. The predicted octanol–water partition coefficient (Wildman–Crippen LogP) is 4.81. The highest BCUT2D eigenvalue weighted by Crippen LogP contribution is 2.31. The summed E-state index contributed by atoms with van der Waals surface area (Å²) in [5.41, 5.74) is 1.05. The number of aryl methyl sites for hydroxylation is 1. The lowest BCUT2D eigenvalue weighted by Gasteiger charge is -2.16. The van der Waals surface area contributed by atoms with Crippen LogP contribution in [0.2, 0.25) is 10.0 Å². The van der Waals surface area contributed by atoms with Crippen molar-refractivity contribution in [2.24, 2.45) is 0 Å². The first kappa shape index (κ1) is 22.1. The molecule has 3 aromatic carbocycles. The third-order valence-electron chi connectivity index (χ3n) is 4.83. The Morgan fingerprint density at radius 3 is 2.47 bits per heavy atom. The minimum absolute atomic E-state index is 0.0520. The molecule has 0 saturated carbocycles. The number of aromatic nitrogens is 2. The fourth-order valence-electron chi connectivity index (χ4n) is 3.30. The summed E-state index contributed by atoms with van der Waals surface area (Å²) in [4.78, 5) is 17.5. The molecule has 0 saturated heterocycles. The zero-order valence-corrected chi connectivity index (χ0v) is 19.3. The summed E-state index contributed by atoms with van der Waals surface area (Å²) >= 11 is 11.8. The van der Waals surface area contributed by atoms with Gasteiger partial charge in [0, 0.05) is 6.07 Å². The fraction of sp³-hybridized carbons (Fsp3) is 0.0909. The molecule has 0 aliphatic carbocycles. The van der Waals surface area contributed by atoms with Gasteiger partial charge in [0.15, 0.2) is 0 Å². The summed E-state index contributed by atoms with van der Waals surface area (Å²) in [6.45, 7) is 1.72. The zero-order valence-electron chi connectivity index (χ0n) is 17.0. The summed E-state index contributed by atoms with van der Waals surface area (Å²) in [6, 6.07) is 15.8. The molecular weight excluding hydrogens is 473 g/mol. The van der Waals surface area contributed by atoms with Crippen molar-refractivity contribution in [2.75, 3.05) is 11.8 Å². The monoisotopic (exact) mass is 489 g/mol. The SMILES string of the molecule is COc1cc(-n2c(C)nc3ccccc3c2=O)ccc1NS(=O)(=O)c1ccc(Cl)c(Cl)c1. The van der Waals surface area contributed by atoms with Crippen molar-refractivity contribution in [1.29, 1.82) is 0 Å². The second-order valence-electron chi connectivity index (χ2n) is 6.88. The molecule has 0 atom stereocenters. The summed E-state index contributed by atoms with van der Waals surface area (Å²) in [5, 5.41) is 0.842. The molecule has 0 spiro atoms. The van der Waals surface area contributed by atoms with Crippen LogP contribution in [-0.4, -0.2) is 25.1 Å². The molecule has 164 valence electrons. The third-order valence-corrected chi connectivity index (χ3v) is 6.93. The Hall–Kier alpha value is -3.07. The van der Waals surface area contributed by atoms with Crippen molar-refractivity contribution in [3.63, 3.8) is 0 Å². The largest absolute Gasteiger partial charge is 0.494 e. The van der Waals surface area contributed by atoms with Gasteiger partial charge in [-0.3, -0.25) is 14.1 Å². The Morgan fingerprint density at radius 2 is 1.75 bits per heavy atom. The van der Waals surface area contributed by atoms with Crippen LogP contribution >= 0.6 is 23.2 Å². The highest BCUT2D eigenvalue weighted by molar-refractivity contribution is 7.92. The lowest BCUT2D eigenvalue weighted by molar-refractivity contribution is 0.416. The quantitative estimate of drug-likeness (QED) is 0.434. The number of benzene rings is 3. The van der Waals surface area contributed by atoms with Crippen molar-refractivity contribution in [2.45, 2.75) is 11.8 Å². The number of methoxy groups -OCH3 is 1. The number of hydrogen-bond acceptors (Lipinski definition) is 5. The molecule has 0 bridgehead atoms. The van der Waals surface area contributed by atoms with Crippen molar-refractivity contribution >= 4 is 49.8 Å². The molecule has 0 aliphatic rings. The molecule has 0 amide bonds. The number of hydrogen-bond donors (Lipinski definition) is 1. The second-order valence-corrected chi connectivity index (χ2v) is 9.38. The molecule has 4 aromatic rings. The molecule has 10 heteroatoms. The van der Waals surface area contributed by atoms with Crippen molar-refractivity contribution in [1.82, 2.24) is 9.55 Å². The average molecular weight is 490 g/mol. The Labute approximate surface area is 194 Å². The minimum Gasteiger partial charge on any atom is -0.494 e. The van der Waals surface area contributed by atoms with Gasteiger partial charge in [0.2, 0.25) is 0 Å². The first-order chi connectivity index (χ1) is 15.2. The number of rotatable bonds is 5. The van der Waals surface area contributed by atoms with E-state index in [-0.39, 0.29) is 31.9 Å². The van der Waals surface area contributed by atoms with Gasteiger partial charge in [0.1, 0.15) is 11.6 Å². The Bertz CT molecular complexity index is 1520. The first-order valence-corrected chi connectivity index (χ1v) is 11.6. The number of nitrogens with one attached hydrogen (secondary N) is 1. The third kappa shape index (κ3) is 4.04. The highest BCUT2D eigenvalue weighted by atomic mass is 35.5. The number of anilines is 1. The molecule has 0 fully saturated rings. The molecule has 1 N–H and O–H groups in total. The zero-order chi connectivity index (χ0) is 23.0. The van der Waals surface area contributed by atoms with Crippen LogP contribution in [-0.2, 0) is 10.0 Å². The number of nitrogens with zero attached hydrogens (tertiary/aromatic N) is 2. The number of ether oxygens (including phenoxy) is 1. The standard InChI is InChI=1S/C22H17Cl2N3O4S/c1-13-25-19-6-4-3-5-16(19)22(28)27(13)14-7-10-20(21(11-14)31-2)26-32(29,30)15-8-9-17(23)18(24)12-15/h3-12,26H,1-2H3. The van der Waals surface area contributed by atoms with Crippen LogP contribution in [0.1, 0.15) is 5.82 Å². The van der Waals surface area contributed by atoms with E-state index >= 15 is 0 Å². The maximum Gasteiger partial charge on any atom is 0.265 e. The number of halogens is 2. The number of para-hydroxylation sites is 1. The normalized spacial score (nSPS) is 11.5. The second kappa shape index (κ2) is 8.46. The van der Waals surface area contributed by atoms with Gasteiger partial charge in [-0.2, -0.15) is 0 Å². The van der Waals surface area contributed by atoms with Crippen LogP contribution in [0.15, 0.2) is 70.4 Å². The van der Waals surface area contributed by atoms with E-state index in [2.05, 4.69) is 9.71 Å². The van der Waals surface area contributed by atoms with E-state index in [1.807, 2.05) is 6.07 Å². The average Bonchev–Trinajstić information content (AvgIpc) is 2.76. The van der Waals surface area contributed by atoms with Crippen LogP contribution < -0.4 is 15.0 Å². The van der Waals surface area contributed by atoms with Gasteiger partial charge in [0.05, 0.1) is 44.3 Å². The summed E-state index contributed by atoms with van der Waals surface area (Å²) in [6.07, 6.45) is 0. The minimum atomic E-state index is -3.96. The van der Waals surface area contributed by atoms with Crippen molar-refractivity contribution in [3.05, 3.63) is 86.9 Å². The van der Waals surface area contributed by atoms with Crippen LogP contribution in [0.4, 0.5) is 5.69 Å². The van der Waals surface area contributed by atoms with E-state index in [4.69, 9.17) is 27.9 Å². The van der Waals surface area contributed by atoms with Crippen LogP contribution in [0, 0.1) is 6.92 Å². The van der Waals surface area contributed by atoms with Gasteiger partial charge >= 0.3 is 0 Å². The Kier molecular flexibility index (Phi) is 5.85. The lowest BCUT2D eigenvalue weighted by atomic mass is 10.2. The van der Waals surface area contributed by atoms with Gasteiger partial charge in [-0.05, 0) is 49.4 Å². The van der Waals surface area contributed by atoms with Crippen LogP contribution in [0.25, 0.3) is 16.6 Å². The molecule has 0 radical (unpaired) electrons. The Morgan fingerprint density at radius 1 is 1.00 bits per heavy atom. The topological polar surface area (TPSA) is 90.3 Å². The molecule has 1 heterocycles. The Balaban J connectivity index is 1.77. The van der Waals surface area contributed by atoms with E-state index in [1.54, 1.807) is 37.3 Å². The molecule has 0 unspecified atom stereocenters. The smallest absolute Gasteiger partial charge is 0.265 e. The summed E-state index contributed by atoms with van der Waals surface area (Å²) < 4.78 is 34.9. The lowest BCUT2D eigenvalue weighted by Crippen LogP contribution is -2.22. The fourth-order valence-corrected chi connectivity index (χ4v) is 4.76. The number of sulfonamides is 1. The predicted molar refractivity (Wildman–Crippen MR) is 126 cm³/mol. The maximum absolute atomic E-state index is 13.1. The maximum atomic E-state index is 13.1. The van der Waals surface area contributed by atoms with Crippen LogP contribution in [0.3, 0.4) is 0 Å². The molecule has 32 heavy (non-hydrogen) atoms. The van der Waals surface area contributed by atoms with Gasteiger partial charge in [-0.1, -0.05) is 35.3 Å². The molecule has 1 aromatic heterocycles. The summed E-state index contributed by atoms with van der Waals surface area (Å²) in [7, 11) is -2.55. The van der Waals surface area contributed by atoms with E-state index in [0.717, 1.165) is 0 Å². The molecule has 7 nitrogen and oxygen atoms in total. The first-order valence-electron chi connectivity index (χ1n) is 9.36. The van der Waals surface area contributed by atoms with E-state index < -0.39 is 10.0 Å².